The average Bonchev–Trinajstić information content (AvgIpc) is 3.16. The third-order valence-corrected chi connectivity index (χ3v) is 6.13. The topological polar surface area (TPSA) is 101 Å². The van der Waals surface area contributed by atoms with Gasteiger partial charge in [0.2, 0.25) is 11.5 Å². The van der Waals surface area contributed by atoms with E-state index in [1.54, 1.807) is 28.4 Å². The molecular weight excluding hydrogens is 416 g/mol. The molecule has 1 aromatic carbocycles. The fourth-order valence-corrected chi connectivity index (χ4v) is 4.65. The zero-order valence-corrected chi connectivity index (χ0v) is 19.9. The summed E-state index contributed by atoms with van der Waals surface area (Å²) in [5.74, 6) is 1.03. The van der Waals surface area contributed by atoms with Crippen LogP contribution < -0.4 is 18.9 Å². The fraction of sp³-hybridized carbons (Fsp3) is 0.667. The van der Waals surface area contributed by atoms with Crippen LogP contribution in [0.5, 0.6) is 23.0 Å². The largest absolute Gasteiger partial charge is 0.492 e. The van der Waals surface area contributed by atoms with Gasteiger partial charge >= 0.3 is 11.9 Å². The van der Waals surface area contributed by atoms with Crippen LogP contribution >= 0.6 is 0 Å². The van der Waals surface area contributed by atoms with Crippen LogP contribution in [0.2, 0.25) is 0 Å². The van der Waals surface area contributed by atoms with Crippen molar-refractivity contribution in [1.82, 2.24) is 0 Å². The summed E-state index contributed by atoms with van der Waals surface area (Å²) in [6.45, 7) is 2.12. The van der Waals surface area contributed by atoms with E-state index in [9.17, 15) is 9.59 Å². The number of carboxylic acid groups (broad SMARTS) is 1. The van der Waals surface area contributed by atoms with Gasteiger partial charge in [0.05, 0.1) is 40.5 Å². The van der Waals surface area contributed by atoms with Gasteiger partial charge in [0.15, 0.2) is 11.5 Å². The number of carbonyl (C=O) groups is 2. The standard InChI is InChI=1S/C24H36O8/c1-6-32-23(27)24(13-11-9-7-8-10-12-18(25)26)14-16-17(15-24)20(29-3)22(31-5)21(30-4)19(16)28-2/h6-15H2,1-5H3,(H,25,26). The quantitative estimate of drug-likeness (QED) is 0.331. The van der Waals surface area contributed by atoms with E-state index in [4.69, 9.17) is 28.8 Å². The van der Waals surface area contributed by atoms with Gasteiger partial charge in [-0.15, -0.1) is 0 Å². The van der Waals surface area contributed by atoms with E-state index in [1.807, 2.05) is 6.92 Å². The van der Waals surface area contributed by atoms with Crippen molar-refractivity contribution in [3.05, 3.63) is 11.1 Å². The maximum absolute atomic E-state index is 13.2. The molecule has 0 amide bonds. The van der Waals surface area contributed by atoms with Crippen molar-refractivity contribution in [3.63, 3.8) is 0 Å². The van der Waals surface area contributed by atoms with Crippen LogP contribution in [0.15, 0.2) is 0 Å². The number of carboxylic acids is 1. The molecule has 0 spiro atoms. The van der Waals surface area contributed by atoms with Gasteiger partial charge < -0.3 is 28.8 Å². The molecule has 180 valence electrons. The lowest BCUT2D eigenvalue weighted by Crippen LogP contribution is -2.34. The van der Waals surface area contributed by atoms with E-state index in [0.29, 0.717) is 55.3 Å². The van der Waals surface area contributed by atoms with Crippen LogP contribution in [0, 0.1) is 5.41 Å². The van der Waals surface area contributed by atoms with Crippen LogP contribution in [-0.4, -0.2) is 52.1 Å². The first-order valence-electron chi connectivity index (χ1n) is 11.2. The van der Waals surface area contributed by atoms with Crippen LogP contribution in [0.25, 0.3) is 0 Å². The first-order valence-corrected chi connectivity index (χ1v) is 11.2. The number of rotatable bonds is 14. The van der Waals surface area contributed by atoms with Crippen molar-refractivity contribution < 1.29 is 38.4 Å². The van der Waals surface area contributed by atoms with Gasteiger partial charge in [-0.25, -0.2) is 0 Å². The van der Waals surface area contributed by atoms with E-state index < -0.39 is 11.4 Å². The number of carbonyl (C=O) groups excluding carboxylic acids is 1. The highest BCUT2D eigenvalue weighted by molar-refractivity contribution is 5.81. The van der Waals surface area contributed by atoms with E-state index in [2.05, 4.69) is 0 Å². The van der Waals surface area contributed by atoms with Gasteiger partial charge in [-0.3, -0.25) is 9.59 Å². The summed E-state index contributed by atoms with van der Waals surface area (Å²) in [4.78, 5) is 23.8. The molecule has 0 atom stereocenters. The van der Waals surface area contributed by atoms with Gasteiger partial charge in [-0.1, -0.05) is 25.7 Å². The van der Waals surface area contributed by atoms with Crippen molar-refractivity contribution in [2.45, 2.75) is 64.7 Å². The number of hydrogen-bond donors (Lipinski definition) is 1. The lowest BCUT2D eigenvalue weighted by atomic mass is 9.79. The summed E-state index contributed by atoms with van der Waals surface area (Å²) >= 11 is 0. The predicted molar refractivity (Wildman–Crippen MR) is 119 cm³/mol. The Morgan fingerprint density at radius 2 is 1.25 bits per heavy atom. The Morgan fingerprint density at radius 3 is 1.69 bits per heavy atom. The Balaban J connectivity index is 2.28. The summed E-state index contributed by atoms with van der Waals surface area (Å²) < 4.78 is 28.0. The monoisotopic (exact) mass is 452 g/mol. The maximum Gasteiger partial charge on any atom is 0.312 e. The highest BCUT2D eigenvalue weighted by atomic mass is 16.5. The lowest BCUT2D eigenvalue weighted by molar-refractivity contribution is -0.155. The van der Waals surface area contributed by atoms with Crippen molar-refractivity contribution in [3.8, 4) is 23.0 Å². The molecule has 8 heteroatoms. The summed E-state index contributed by atoms with van der Waals surface area (Å²) in [5, 5.41) is 8.76. The van der Waals surface area contributed by atoms with Gasteiger partial charge in [0.1, 0.15) is 0 Å². The number of benzene rings is 1. The molecule has 1 aliphatic rings. The molecule has 0 fully saturated rings. The van der Waals surface area contributed by atoms with Crippen molar-refractivity contribution in [1.29, 1.82) is 0 Å². The number of hydrogen-bond acceptors (Lipinski definition) is 7. The fourth-order valence-electron chi connectivity index (χ4n) is 4.65. The van der Waals surface area contributed by atoms with Crippen LogP contribution in [0.4, 0.5) is 0 Å². The zero-order chi connectivity index (χ0) is 23.7. The first kappa shape index (κ1) is 25.6. The average molecular weight is 453 g/mol. The number of esters is 1. The SMILES string of the molecule is CCOC(=O)C1(CCCCCCCC(=O)O)Cc2c(c(OC)c(OC)c(OC)c2OC)C1. The molecule has 0 saturated carbocycles. The number of methoxy groups -OCH3 is 4. The Kier molecular flexibility index (Phi) is 9.47. The van der Waals surface area contributed by atoms with Gasteiger partial charge in [-0.2, -0.15) is 0 Å². The summed E-state index contributed by atoms with van der Waals surface area (Å²) in [6.07, 6.45) is 6.07. The van der Waals surface area contributed by atoms with Crippen LogP contribution in [0.1, 0.15) is 63.0 Å². The molecule has 2 rings (SSSR count). The summed E-state index contributed by atoms with van der Waals surface area (Å²) in [6, 6.07) is 0. The summed E-state index contributed by atoms with van der Waals surface area (Å²) in [7, 11) is 6.24. The molecule has 8 nitrogen and oxygen atoms in total. The second-order valence-corrected chi connectivity index (χ2v) is 8.11. The second-order valence-electron chi connectivity index (χ2n) is 8.11. The molecule has 0 saturated heterocycles. The van der Waals surface area contributed by atoms with Gasteiger partial charge in [0.25, 0.3) is 0 Å². The maximum atomic E-state index is 13.2. The molecule has 0 aliphatic heterocycles. The molecule has 1 aliphatic carbocycles. The minimum absolute atomic E-state index is 0.200. The van der Waals surface area contributed by atoms with Crippen LogP contribution in [0.3, 0.4) is 0 Å². The van der Waals surface area contributed by atoms with E-state index >= 15 is 0 Å². The summed E-state index contributed by atoms with van der Waals surface area (Å²) in [5.41, 5.74) is 1.06. The second kappa shape index (κ2) is 11.8. The molecule has 0 unspecified atom stereocenters. The van der Waals surface area contributed by atoms with Crippen molar-refractivity contribution >= 4 is 11.9 Å². The number of fused-ring (bicyclic) bond motifs is 1. The normalized spacial score (nSPS) is 13.9. The molecule has 1 N–H and O–H groups in total. The molecule has 0 bridgehead atoms. The van der Waals surface area contributed by atoms with Gasteiger partial charge in [-0.05, 0) is 32.6 Å². The zero-order valence-electron chi connectivity index (χ0n) is 19.9. The number of aliphatic carboxylic acids is 1. The minimum atomic E-state index is -0.760. The Bertz CT molecular complexity index is 761. The Labute approximate surface area is 190 Å². The molecule has 0 aromatic heterocycles. The third-order valence-electron chi connectivity index (χ3n) is 6.13. The van der Waals surface area contributed by atoms with Crippen molar-refractivity contribution in [2.24, 2.45) is 5.41 Å². The minimum Gasteiger partial charge on any atom is -0.492 e. The number of unbranched alkanes of at least 4 members (excludes halogenated alkanes) is 4. The Hall–Kier alpha value is -2.64. The van der Waals surface area contributed by atoms with E-state index in [-0.39, 0.29) is 12.4 Å². The lowest BCUT2D eigenvalue weighted by Gasteiger charge is -2.26. The molecule has 0 heterocycles. The van der Waals surface area contributed by atoms with E-state index in [0.717, 1.165) is 36.8 Å². The Morgan fingerprint density at radius 1 is 0.781 bits per heavy atom. The van der Waals surface area contributed by atoms with Crippen LogP contribution in [-0.2, 0) is 27.2 Å². The predicted octanol–water partition coefficient (Wildman–Crippen LogP) is 4.18. The smallest absolute Gasteiger partial charge is 0.312 e. The molecular formula is C24H36O8. The van der Waals surface area contributed by atoms with E-state index in [1.165, 1.54) is 0 Å². The number of ether oxygens (including phenoxy) is 5. The highest BCUT2D eigenvalue weighted by Gasteiger charge is 2.48. The molecule has 32 heavy (non-hydrogen) atoms. The van der Waals surface area contributed by atoms with Crippen molar-refractivity contribution in [2.75, 3.05) is 35.0 Å². The highest BCUT2D eigenvalue weighted by Crippen LogP contribution is 2.56. The van der Waals surface area contributed by atoms with Gasteiger partial charge in [0, 0.05) is 17.5 Å². The molecule has 1 aromatic rings. The molecule has 0 radical (unpaired) electrons. The third kappa shape index (κ3) is 5.40. The first-order chi connectivity index (χ1) is 15.4.